The van der Waals surface area contributed by atoms with E-state index >= 15 is 0 Å². The number of unbranched alkanes of at least 4 members (excludes halogenated alkanes) is 2. The molecule has 0 radical (unpaired) electrons. The van der Waals surface area contributed by atoms with Gasteiger partial charge in [-0.3, -0.25) is 0 Å². The Labute approximate surface area is 101 Å². The quantitative estimate of drug-likeness (QED) is 0.504. The second-order valence-electron chi connectivity index (χ2n) is 5.09. The van der Waals surface area contributed by atoms with Gasteiger partial charge in [0.15, 0.2) is 0 Å². The van der Waals surface area contributed by atoms with Crippen LogP contribution in [-0.4, -0.2) is 38.1 Å². The third kappa shape index (κ3) is 6.29. The second-order valence-corrected chi connectivity index (χ2v) is 5.09. The number of nitrogens with zero attached hydrogens (tertiary/aromatic N) is 1. The van der Waals surface area contributed by atoms with Crippen molar-refractivity contribution in [2.24, 2.45) is 5.92 Å². The number of rotatable bonds is 8. The van der Waals surface area contributed by atoms with Gasteiger partial charge in [-0.05, 0) is 51.9 Å². The van der Waals surface area contributed by atoms with E-state index in [1.807, 2.05) is 6.08 Å². The van der Waals surface area contributed by atoms with E-state index in [0.29, 0.717) is 0 Å². The van der Waals surface area contributed by atoms with E-state index in [1.165, 1.54) is 58.2 Å². The van der Waals surface area contributed by atoms with Gasteiger partial charge in [-0.1, -0.05) is 25.3 Å². The summed E-state index contributed by atoms with van der Waals surface area (Å²) in [6.07, 6.45) is 10.4. The molecule has 16 heavy (non-hydrogen) atoms. The molecule has 0 aromatic rings. The van der Waals surface area contributed by atoms with Gasteiger partial charge < -0.3 is 10.2 Å². The maximum absolute atomic E-state index is 3.76. The van der Waals surface area contributed by atoms with Crippen LogP contribution in [0.5, 0.6) is 0 Å². The Balaban J connectivity index is 1.89. The number of likely N-dealkylation sites (N-methyl/N-ethyl adjacent to an activating group) is 1. The van der Waals surface area contributed by atoms with E-state index in [4.69, 9.17) is 0 Å². The Hall–Kier alpha value is -0.340. The number of nitrogens with one attached hydrogen (secondary N) is 1. The van der Waals surface area contributed by atoms with E-state index in [0.717, 1.165) is 12.5 Å². The van der Waals surface area contributed by atoms with Crippen molar-refractivity contribution >= 4 is 0 Å². The molecule has 1 saturated heterocycles. The predicted octanol–water partition coefficient (Wildman–Crippen LogP) is 2.66. The average Bonchev–Trinajstić information content (AvgIpc) is 2.30. The van der Waals surface area contributed by atoms with Gasteiger partial charge in [0.05, 0.1) is 0 Å². The molecule has 94 valence electrons. The first kappa shape index (κ1) is 13.7. The maximum atomic E-state index is 3.76. The van der Waals surface area contributed by atoms with Crippen molar-refractivity contribution in [3.63, 3.8) is 0 Å². The van der Waals surface area contributed by atoms with Gasteiger partial charge in [0.2, 0.25) is 0 Å². The molecule has 0 amide bonds. The Morgan fingerprint density at radius 3 is 2.69 bits per heavy atom. The lowest BCUT2D eigenvalue weighted by Crippen LogP contribution is -2.27. The van der Waals surface area contributed by atoms with E-state index in [-0.39, 0.29) is 0 Å². The van der Waals surface area contributed by atoms with E-state index in [2.05, 4.69) is 23.8 Å². The smallest absolute Gasteiger partial charge is 0.0157 e. The van der Waals surface area contributed by atoms with Gasteiger partial charge >= 0.3 is 0 Å². The lowest BCUT2D eigenvalue weighted by atomic mass is 9.92. The van der Waals surface area contributed by atoms with Crippen molar-refractivity contribution < 1.29 is 0 Å². The molecule has 0 bridgehead atoms. The molecule has 0 aliphatic carbocycles. The molecular formula is C14H28N2. The normalized spacial score (nSPS) is 17.9. The summed E-state index contributed by atoms with van der Waals surface area (Å²) in [6, 6.07) is 0. The minimum Gasteiger partial charge on any atom is -0.317 e. The lowest BCUT2D eigenvalue weighted by molar-refractivity contribution is 0.327. The van der Waals surface area contributed by atoms with Crippen LogP contribution in [0.1, 0.15) is 38.5 Å². The van der Waals surface area contributed by atoms with Crippen LogP contribution in [0.15, 0.2) is 12.7 Å². The average molecular weight is 224 g/mol. The minimum absolute atomic E-state index is 1.01. The van der Waals surface area contributed by atoms with Crippen LogP contribution in [-0.2, 0) is 0 Å². The molecule has 2 nitrogen and oxygen atoms in total. The van der Waals surface area contributed by atoms with Crippen LogP contribution in [0.4, 0.5) is 0 Å². The van der Waals surface area contributed by atoms with Crippen molar-refractivity contribution in [2.45, 2.75) is 38.5 Å². The van der Waals surface area contributed by atoms with Crippen LogP contribution < -0.4 is 5.32 Å². The van der Waals surface area contributed by atoms with Gasteiger partial charge in [0, 0.05) is 6.54 Å². The zero-order chi connectivity index (χ0) is 11.6. The van der Waals surface area contributed by atoms with Crippen molar-refractivity contribution in [3.05, 3.63) is 12.7 Å². The number of hydrogen-bond acceptors (Lipinski definition) is 2. The van der Waals surface area contributed by atoms with Gasteiger partial charge in [-0.25, -0.2) is 0 Å². The standard InChI is InChI=1S/C14H28N2/c1-3-12-16(2)13-6-4-5-7-14-8-10-15-11-9-14/h3,14-15H,1,4-13H2,2H3. The molecule has 1 aliphatic rings. The van der Waals surface area contributed by atoms with Crippen molar-refractivity contribution in [2.75, 3.05) is 33.2 Å². The van der Waals surface area contributed by atoms with E-state index in [9.17, 15) is 0 Å². The Morgan fingerprint density at radius 1 is 1.25 bits per heavy atom. The molecule has 1 N–H and O–H groups in total. The zero-order valence-corrected chi connectivity index (χ0v) is 10.9. The summed E-state index contributed by atoms with van der Waals surface area (Å²) in [6.45, 7) is 8.49. The van der Waals surface area contributed by atoms with Gasteiger partial charge in [0.1, 0.15) is 0 Å². The summed E-state index contributed by atoms with van der Waals surface area (Å²) in [5.74, 6) is 1.01. The summed E-state index contributed by atoms with van der Waals surface area (Å²) in [4.78, 5) is 2.34. The van der Waals surface area contributed by atoms with Crippen LogP contribution in [0.25, 0.3) is 0 Å². The first-order valence-electron chi connectivity index (χ1n) is 6.83. The van der Waals surface area contributed by atoms with Crippen LogP contribution >= 0.6 is 0 Å². The van der Waals surface area contributed by atoms with Gasteiger partial charge in [-0.2, -0.15) is 0 Å². The van der Waals surface area contributed by atoms with Gasteiger partial charge in [0.25, 0.3) is 0 Å². The maximum Gasteiger partial charge on any atom is 0.0157 e. The molecule has 0 saturated carbocycles. The summed E-state index contributed by atoms with van der Waals surface area (Å²) in [5, 5.41) is 3.43. The molecule has 2 heteroatoms. The minimum atomic E-state index is 1.01. The fourth-order valence-electron chi connectivity index (χ4n) is 2.47. The molecule has 0 atom stereocenters. The monoisotopic (exact) mass is 224 g/mol. The molecule has 1 heterocycles. The third-order valence-electron chi connectivity index (χ3n) is 3.55. The second kappa shape index (κ2) is 8.77. The molecule has 0 aromatic heterocycles. The van der Waals surface area contributed by atoms with Crippen molar-refractivity contribution in [3.8, 4) is 0 Å². The fraction of sp³-hybridized carbons (Fsp3) is 0.857. The summed E-state index contributed by atoms with van der Waals surface area (Å²) >= 11 is 0. The van der Waals surface area contributed by atoms with Gasteiger partial charge in [-0.15, -0.1) is 6.58 Å². The molecule has 1 rings (SSSR count). The predicted molar refractivity (Wildman–Crippen MR) is 71.8 cm³/mol. The summed E-state index contributed by atoms with van der Waals surface area (Å²) < 4.78 is 0. The van der Waals surface area contributed by atoms with Crippen LogP contribution in [0, 0.1) is 5.92 Å². The van der Waals surface area contributed by atoms with Crippen LogP contribution in [0.3, 0.4) is 0 Å². The summed E-state index contributed by atoms with van der Waals surface area (Å²) in [7, 11) is 2.18. The number of hydrogen-bond donors (Lipinski definition) is 1. The summed E-state index contributed by atoms with van der Waals surface area (Å²) in [5.41, 5.74) is 0. The first-order chi connectivity index (χ1) is 7.83. The van der Waals surface area contributed by atoms with Crippen molar-refractivity contribution in [1.29, 1.82) is 0 Å². The Kier molecular flexibility index (Phi) is 7.52. The topological polar surface area (TPSA) is 15.3 Å². The largest absolute Gasteiger partial charge is 0.317 e. The molecule has 0 unspecified atom stereocenters. The lowest BCUT2D eigenvalue weighted by Gasteiger charge is -2.22. The molecule has 1 aliphatic heterocycles. The fourth-order valence-corrected chi connectivity index (χ4v) is 2.47. The highest BCUT2D eigenvalue weighted by atomic mass is 15.1. The zero-order valence-electron chi connectivity index (χ0n) is 10.9. The van der Waals surface area contributed by atoms with Crippen LogP contribution in [0.2, 0.25) is 0 Å². The Bertz CT molecular complexity index is 174. The third-order valence-corrected chi connectivity index (χ3v) is 3.55. The first-order valence-corrected chi connectivity index (χ1v) is 6.83. The molecular weight excluding hydrogens is 196 g/mol. The molecule has 1 fully saturated rings. The molecule has 0 aromatic carbocycles. The highest BCUT2D eigenvalue weighted by Crippen LogP contribution is 2.19. The molecule has 0 spiro atoms. The Morgan fingerprint density at radius 2 is 2.00 bits per heavy atom. The van der Waals surface area contributed by atoms with Crippen molar-refractivity contribution in [1.82, 2.24) is 10.2 Å². The SMILES string of the molecule is C=CCN(C)CCCCCC1CCNCC1. The number of piperidine rings is 1. The van der Waals surface area contributed by atoms with E-state index < -0.39 is 0 Å². The van der Waals surface area contributed by atoms with E-state index in [1.54, 1.807) is 0 Å². The highest BCUT2D eigenvalue weighted by Gasteiger charge is 2.11. The highest BCUT2D eigenvalue weighted by molar-refractivity contribution is 4.71.